The van der Waals surface area contributed by atoms with Crippen molar-refractivity contribution in [2.45, 2.75) is 0 Å². The third kappa shape index (κ3) is 2.26. The Morgan fingerprint density at radius 1 is 1.25 bits per heavy atom. The van der Waals surface area contributed by atoms with Gasteiger partial charge in [-0.2, -0.15) is 9.37 Å². The predicted molar refractivity (Wildman–Crippen MR) is 66.7 cm³/mol. The van der Waals surface area contributed by atoms with E-state index in [1.807, 2.05) is 17.5 Å². The second-order valence-electron chi connectivity index (χ2n) is 3.06. The molecular formula is C9H10N6S. The summed E-state index contributed by atoms with van der Waals surface area (Å²) in [7, 11) is 0. The van der Waals surface area contributed by atoms with Gasteiger partial charge in [-0.15, -0.1) is 0 Å². The van der Waals surface area contributed by atoms with Crippen molar-refractivity contribution in [3.63, 3.8) is 0 Å². The maximum atomic E-state index is 5.52. The number of aliphatic imine (C=N–C) groups is 2. The Morgan fingerprint density at radius 3 is 2.81 bits per heavy atom. The van der Waals surface area contributed by atoms with Crippen molar-refractivity contribution in [2.24, 2.45) is 27.2 Å². The number of fused-ring (bicyclic) bond motifs is 1. The van der Waals surface area contributed by atoms with Crippen LogP contribution < -0.4 is 17.2 Å². The van der Waals surface area contributed by atoms with Crippen molar-refractivity contribution in [3.8, 4) is 0 Å². The number of guanidine groups is 2. The zero-order chi connectivity index (χ0) is 11.5. The zero-order valence-corrected chi connectivity index (χ0v) is 9.11. The fourth-order valence-corrected chi connectivity index (χ4v) is 1.85. The average molecular weight is 234 g/mol. The van der Waals surface area contributed by atoms with E-state index in [4.69, 9.17) is 17.2 Å². The fourth-order valence-electron chi connectivity index (χ4n) is 1.22. The highest BCUT2D eigenvalue weighted by atomic mass is 32.1. The van der Waals surface area contributed by atoms with Crippen molar-refractivity contribution >= 4 is 40.0 Å². The molecule has 0 unspecified atom stereocenters. The lowest BCUT2D eigenvalue weighted by molar-refractivity contribution is 1.38. The Labute approximate surface area is 95.7 Å². The van der Waals surface area contributed by atoms with Gasteiger partial charge in [-0.05, 0) is 29.7 Å². The highest BCUT2D eigenvalue weighted by Crippen LogP contribution is 2.21. The molecule has 0 saturated carbocycles. The molecule has 0 amide bonds. The summed E-state index contributed by atoms with van der Waals surface area (Å²) in [6.07, 6.45) is 0. The Bertz CT molecular complexity index is 566. The first kappa shape index (κ1) is 10.4. The first-order valence-corrected chi connectivity index (χ1v) is 5.27. The Hall–Kier alpha value is -2.15. The lowest BCUT2D eigenvalue weighted by Crippen LogP contribution is -2.26. The highest BCUT2D eigenvalue weighted by molar-refractivity contribution is 7.04. The maximum Gasteiger partial charge on any atom is 0.223 e. The van der Waals surface area contributed by atoms with Gasteiger partial charge in [0.1, 0.15) is 0 Å². The zero-order valence-electron chi connectivity index (χ0n) is 8.29. The molecule has 0 aliphatic carbocycles. The monoisotopic (exact) mass is 234 g/mol. The molecule has 0 spiro atoms. The molecule has 82 valence electrons. The van der Waals surface area contributed by atoms with Gasteiger partial charge < -0.3 is 17.2 Å². The Morgan fingerprint density at radius 2 is 2.06 bits per heavy atom. The highest BCUT2D eigenvalue weighted by Gasteiger charge is 1.98. The smallest absolute Gasteiger partial charge is 0.223 e. The van der Waals surface area contributed by atoms with Crippen LogP contribution in [0.5, 0.6) is 0 Å². The van der Waals surface area contributed by atoms with E-state index in [0.717, 1.165) is 10.9 Å². The quantitative estimate of drug-likeness (QED) is 0.492. The lowest BCUT2D eigenvalue weighted by atomic mass is 10.2. The van der Waals surface area contributed by atoms with Gasteiger partial charge in [0.2, 0.25) is 5.96 Å². The minimum Gasteiger partial charge on any atom is -0.370 e. The molecule has 1 heterocycles. The van der Waals surface area contributed by atoms with E-state index >= 15 is 0 Å². The van der Waals surface area contributed by atoms with Crippen molar-refractivity contribution in [1.82, 2.24) is 4.37 Å². The maximum absolute atomic E-state index is 5.52. The molecule has 6 N–H and O–H groups in total. The molecule has 0 saturated heterocycles. The number of benzene rings is 1. The van der Waals surface area contributed by atoms with Gasteiger partial charge in [0, 0.05) is 10.8 Å². The van der Waals surface area contributed by atoms with Gasteiger partial charge in [0.05, 0.1) is 11.2 Å². The Kier molecular flexibility index (Phi) is 2.69. The summed E-state index contributed by atoms with van der Waals surface area (Å²) >= 11 is 1.39. The minimum absolute atomic E-state index is 0.0301. The number of aromatic nitrogens is 1. The van der Waals surface area contributed by atoms with E-state index in [9.17, 15) is 0 Å². The third-order valence-corrected chi connectivity index (χ3v) is 2.49. The van der Waals surface area contributed by atoms with E-state index in [2.05, 4.69) is 14.4 Å². The van der Waals surface area contributed by atoms with E-state index in [-0.39, 0.29) is 11.9 Å². The second kappa shape index (κ2) is 4.15. The summed E-state index contributed by atoms with van der Waals surface area (Å²) in [4.78, 5) is 7.68. The van der Waals surface area contributed by atoms with Gasteiger partial charge in [-0.1, -0.05) is 0 Å². The fraction of sp³-hybridized carbons (Fsp3) is 0. The van der Waals surface area contributed by atoms with E-state index in [0.29, 0.717) is 5.69 Å². The molecule has 7 heteroatoms. The molecule has 0 bridgehead atoms. The second-order valence-corrected chi connectivity index (χ2v) is 3.69. The van der Waals surface area contributed by atoms with Crippen molar-refractivity contribution in [2.75, 3.05) is 0 Å². The van der Waals surface area contributed by atoms with E-state index < -0.39 is 0 Å². The average Bonchev–Trinajstić information content (AvgIpc) is 2.63. The van der Waals surface area contributed by atoms with Crippen LogP contribution in [0.4, 0.5) is 5.69 Å². The van der Waals surface area contributed by atoms with Gasteiger partial charge in [-0.3, -0.25) is 0 Å². The van der Waals surface area contributed by atoms with Crippen LogP contribution in [-0.2, 0) is 0 Å². The molecule has 0 radical (unpaired) electrons. The van der Waals surface area contributed by atoms with Crippen LogP contribution in [0, 0.1) is 0 Å². The number of rotatable bonds is 1. The predicted octanol–water partition coefficient (Wildman–Crippen LogP) is 0.516. The molecule has 0 aliphatic rings. The molecule has 0 aliphatic heterocycles. The van der Waals surface area contributed by atoms with Crippen molar-refractivity contribution in [3.05, 3.63) is 23.6 Å². The minimum atomic E-state index is -0.112. The van der Waals surface area contributed by atoms with Crippen molar-refractivity contribution in [1.29, 1.82) is 0 Å². The summed E-state index contributed by atoms with van der Waals surface area (Å²) in [5, 5.41) is 2.95. The van der Waals surface area contributed by atoms with Crippen LogP contribution in [0.1, 0.15) is 0 Å². The molecule has 0 fully saturated rings. The van der Waals surface area contributed by atoms with Gasteiger partial charge in [0.25, 0.3) is 0 Å². The number of hydrogen-bond donors (Lipinski definition) is 3. The number of nitrogens with two attached hydrogens (primary N) is 3. The van der Waals surface area contributed by atoms with Crippen LogP contribution in [0.25, 0.3) is 10.9 Å². The normalized spacial score (nSPS) is 11.6. The van der Waals surface area contributed by atoms with Crippen LogP contribution in [0.2, 0.25) is 0 Å². The SMILES string of the molecule is NC(N)=NC(N)=Nc1ccc2nscc2c1. The first-order valence-electron chi connectivity index (χ1n) is 4.43. The van der Waals surface area contributed by atoms with Crippen LogP contribution in [0.15, 0.2) is 33.6 Å². The van der Waals surface area contributed by atoms with Gasteiger partial charge in [-0.25, -0.2) is 4.99 Å². The standard InChI is InChI=1S/C9H10N6S/c10-8(11)14-9(12)13-6-1-2-7-5(3-6)4-16-15-7/h1-4H,(H6,10,11,12,13,14). The summed E-state index contributed by atoms with van der Waals surface area (Å²) in [5.41, 5.74) is 17.5. The molecule has 16 heavy (non-hydrogen) atoms. The van der Waals surface area contributed by atoms with Crippen LogP contribution >= 0.6 is 11.5 Å². The molecule has 2 rings (SSSR count). The van der Waals surface area contributed by atoms with Crippen LogP contribution in [-0.4, -0.2) is 16.3 Å². The molecule has 1 aromatic carbocycles. The van der Waals surface area contributed by atoms with Crippen LogP contribution in [0.3, 0.4) is 0 Å². The molecular weight excluding hydrogens is 224 g/mol. The summed E-state index contributed by atoms with van der Waals surface area (Å²) in [5.74, 6) is -0.0814. The largest absolute Gasteiger partial charge is 0.370 e. The first-order chi connectivity index (χ1) is 7.65. The molecule has 2 aromatic rings. The van der Waals surface area contributed by atoms with E-state index in [1.165, 1.54) is 11.5 Å². The van der Waals surface area contributed by atoms with Gasteiger partial charge in [0.15, 0.2) is 5.96 Å². The summed E-state index contributed by atoms with van der Waals surface area (Å²) in [6, 6.07) is 5.54. The molecule has 1 aromatic heterocycles. The van der Waals surface area contributed by atoms with Crippen molar-refractivity contribution < 1.29 is 0 Å². The number of hydrogen-bond acceptors (Lipinski definition) is 3. The van der Waals surface area contributed by atoms with E-state index in [1.54, 1.807) is 6.07 Å². The third-order valence-electron chi connectivity index (χ3n) is 1.83. The summed E-state index contributed by atoms with van der Waals surface area (Å²) < 4.78 is 4.18. The van der Waals surface area contributed by atoms with Gasteiger partial charge >= 0.3 is 0 Å². The number of nitrogens with zero attached hydrogens (tertiary/aromatic N) is 3. The summed E-state index contributed by atoms with van der Waals surface area (Å²) in [6.45, 7) is 0. The lowest BCUT2D eigenvalue weighted by Gasteiger charge is -1.96. The molecule has 0 atom stereocenters. The topological polar surface area (TPSA) is 116 Å². The Balaban J connectivity index is 2.37. The molecule has 6 nitrogen and oxygen atoms in total.